The lowest BCUT2D eigenvalue weighted by atomic mass is 9.46. The molecule has 0 aromatic carbocycles. The molecule has 6 heteroatoms. The van der Waals surface area contributed by atoms with Crippen molar-refractivity contribution < 1.29 is 4.79 Å². The van der Waals surface area contributed by atoms with Crippen molar-refractivity contribution in [3.05, 3.63) is 11.1 Å². The largest absolute Gasteiger partial charge is 0.342 e. The molecule has 2 heterocycles. The fraction of sp³-hybridized carbons (Fsp3) is 0.824. The van der Waals surface area contributed by atoms with Crippen LogP contribution in [0.5, 0.6) is 0 Å². The van der Waals surface area contributed by atoms with E-state index in [1.807, 2.05) is 6.33 Å². The molecule has 1 aliphatic heterocycles. The van der Waals surface area contributed by atoms with Crippen molar-refractivity contribution in [2.75, 3.05) is 13.1 Å². The summed E-state index contributed by atoms with van der Waals surface area (Å²) in [6.07, 6.45) is 11.1. The summed E-state index contributed by atoms with van der Waals surface area (Å²) in [4.78, 5) is 19.8. The summed E-state index contributed by atoms with van der Waals surface area (Å²) in [5.74, 6) is 1.82. The maximum atomic E-state index is 13.3. The number of aromatic nitrogens is 3. The van der Waals surface area contributed by atoms with Crippen molar-refractivity contribution in [3.63, 3.8) is 0 Å². The van der Waals surface area contributed by atoms with E-state index in [-0.39, 0.29) is 11.0 Å². The molecule has 5 aliphatic rings. The molecule has 5 nitrogen and oxygen atoms in total. The molecular weight excluding hydrogens is 356 g/mol. The van der Waals surface area contributed by atoms with Crippen molar-refractivity contribution in [2.45, 2.75) is 56.9 Å². The Morgan fingerprint density at radius 1 is 1.17 bits per heavy atom. The van der Waals surface area contributed by atoms with E-state index < -0.39 is 0 Å². The molecule has 124 valence electrons. The van der Waals surface area contributed by atoms with Crippen molar-refractivity contribution in [1.29, 1.82) is 0 Å². The lowest BCUT2D eigenvalue weighted by molar-refractivity contribution is -0.165. The number of likely N-dealkylation sites (tertiary alicyclic amines) is 1. The predicted octanol–water partition coefficient (Wildman–Crippen LogP) is 2.96. The number of carbonyl (C=O) groups excluding carboxylic acids is 1. The molecule has 1 amide bonds. The molecule has 4 aliphatic carbocycles. The van der Waals surface area contributed by atoms with Gasteiger partial charge in [-0.2, -0.15) is 0 Å². The molecule has 6 rings (SSSR count). The van der Waals surface area contributed by atoms with Gasteiger partial charge in [0.05, 0.1) is 11.0 Å². The first-order valence-corrected chi connectivity index (χ1v) is 9.75. The zero-order valence-electron chi connectivity index (χ0n) is 13.4. The van der Waals surface area contributed by atoms with Gasteiger partial charge < -0.3 is 4.90 Å². The van der Waals surface area contributed by atoms with Crippen molar-refractivity contribution in [3.8, 4) is 0 Å². The molecule has 0 spiro atoms. The number of rotatable bonds is 2. The fourth-order valence-corrected chi connectivity index (χ4v) is 6.72. The zero-order chi connectivity index (χ0) is 15.7. The normalized spacial score (nSPS) is 41.7. The lowest BCUT2D eigenvalue weighted by Gasteiger charge is -2.61. The fourth-order valence-electron chi connectivity index (χ4n) is 6.46. The SMILES string of the molecule is O=C(N1CCCC1)C12C[C@@H]3C[C@@H](C1)CC(n1cnc(Br)n1)(C3)C2. The van der Waals surface area contributed by atoms with Crippen LogP contribution in [0.25, 0.3) is 0 Å². The summed E-state index contributed by atoms with van der Waals surface area (Å²) in [5.41, 5.74) is -0.0919. The Balaban J connectivity index is 1.53. The van der Waals surface area contributed by atoms with Crippen LogP contribution in [0.1, 0.15) is 51.4 Å². The average molecular weight is 379 g/mol. The van der Waals surface area contributed by atoms with Crippen molar-refractivity contribution in [2.24, 2.45) is 17.3 Å². The van der Waals surface area contributed by atoms with E-state index in [4.69, 9.17) is 0 Å². The number of halogens is 1. The Hall–Kier alpha value is -0.910. The highest BCUT2D eigenvalue weighted by atomic mass is 79.9. The third kappa shape index (κ3) is 2.06. The Morgan fingerprint density at radius 3 is 2.48 bits per heavy atom. The Morgan fingerprint density at radius 2 is 1.87 bits per heavy atom. The third-order valence-corrected chi connectivity index (χ3v) is 7.19. The van der Waals surface area contributed by atoms with E-state index in [1.54, 1.807) is 0 Å². The van der Waals surface area contributed by atoms with Crippen LogP contribution in [0, 0.1) is 17.3 Å². The molecule has 4 saturated carbocycles. The summed E-state index contributed by atoms with van der Waals surface area (Å²) < 4.78 is 2.74. The molecule has 1 saturated heterocycles. The van der Waals surface area contributed by atoms with Gasteiger partial charge in [0.15, 0.2) is 0 Å². The number of amides is 1. The van der Waals surface area contributed by atoms with Crippen LogP contribution in [-0.2, 0) is 10.3 Å². The van der Waals surface area contributed by atoms with Crippen LogP contribution in [0.4, 0.5) is 0 Å². The van der Waals surface area contributed by atoms with Crippen molar-refractivity contribution in [1.82, 2.24) is 19.7 Å². The summed E-state index contributed by atoms with van der Waals surface area (Å²) in [6, 6.07) is 0. The average Bonchev–Trinajstić information content (AvgIpc) is 3.16. The molecule has 4 bridgehead atoms. The molecule has 1 aromatic rings. The number of hydrogen-bond acceptors (Lipinski definition) is 3. The molecule has 0 N–H and O–H groups in total. The van der Waals surface area contributed by atoms with Gasteiger partial charge in [-0.25, -0.2) is 9.67 Å². The molecule has 0 radical (unpaired) electrons. The minimum absolute atomic E-state index is 0.0263. The highest BCUT2D eigenvalue weighted by Gasteiger charge is 2.62. The molecule has 0 unspecified atom stereocenters. The van der Waals surface area contributed by atoms with Crippen molar-refractivity contribution >= 4 is 21.8 Å². The number of hydrogen-bond donors (Lipinski definition) is 0. The molecule has 2 atom stereocenters. The van der Waals surface area contributed by atoms with Crippen LogP contribution >= 0.6 is 15.9 Å². The first-order chi connectivity index (χ1) is 11.1. The van der Waals surface area contributed by atoms with Gasteiger partial charge >= 0.3 is 0 Å². The second kappa shape index (κ2) is 4.80. The van der Waals surface area contributed by atoms with Crippen LogP contribution in [0.2, 0.25) is 0 Å². The monoisotopic (exact) mass is 378 g/mol. The minimum atomic E-state index is -0.118. The first kappa shape index (κ1) is 14.4. The maximum absolute atomic E-state index is 13.3. The van der Waals surface area contributed by atoms with E-state index in [2.05, 4.69) is 35.6 Å². The highest BCUT2D eigenvalue weighted by molar-refractivity contribution is 9.10. The minimum Gasteiger partial charge on any atom is -0.342 e. The van der Waals surface area contributed by atoms with Gasteiger partial charge in [-0.3, -0.25) is 4.79 Å². The Kier molecular flexibility index (Phi) is 3.02. The van der Waals surface area contributed by atoms with Gasteiger partial charge in [0.25, 0.3) is 0 Å². The van der Waals surface area contributed by atoms with E-state index >= 15 is 0 Å². The summed E-state index contributed by atoms with van der Waals surface area (Å²) in [6.45, 7) is 1.94. The summed E-state index contributed by atoms with van der Waals surface area (Å²) >= 11 is 3.39. The van der Waals surface area contributed by atoms with E-state index in [9.17, 15) is 4.79 Å². The van der Waals surface area contributed by atoms with E-state index in [1.165, 1.54) is 32.1 Å². The van der Waals surface area contributed by atoms with Gasteiger partial charge in [-0.05, 0) is 79.1 Å². The topological polar surface area (TPSA) is 51.0 Å². The molecular formula is C17H23BrN4O. The predicted molar refractivity (Wildman–Crippen MR) is 88.6 cm³/mol. The second-order valence-electron chi connectivity index (χ2n) is 8.42. The molecule has 1 aromatic heterocycles. The van der Waals surface area contributed by atoms with Crippen LogP contribution in [0.3, 0.4) is 0 Å². The summed E-state index contributed by atoms with van der Waals surface area (Å²) in [5, 5.41) is 4.59. The first-order valence-electron chi connectivity index (χ1n) is 8.96. The smallest absolute Gasteiger partial charge is 0.228 e. The Bertz CT molecular complexity index is 637. The van der Waals surface area contributed by atoms with Gasteiger partial charge in [-0.1, -0.05) is 0 Å². The van der Waals surface area contributed by atoms with Gasteiger partial charge in [0.2, 0.25) is 10.6 Å². The summed E-state index contributed by atoms with van der Waals surface area (Å²) in [7, 11) is 0. The molecule has 5 fully saturated rings. The number of nitrogens with zero attached hydrogens (tertiary/aromatic N) is 4. The van der Waals surface area contributed by atoms with Crippen LogP contribution in [-0.4, -0.2) is 38.7 Å². The quantitative estimate of drug-likeness (QED) is 0.794. The number of carbonyl (C=O) groups is 1. The van der Waals surface area contributed by atoms with Gasteiger partial charge in [0, 0.05) is 13.1 Å². The Labute approximate surface area is 144 Å². The zero-order valence-corrected chi connectivity index (χ0v) is 15.0. The third-order valence-electron chi connectivity index (χ3n) is 6.83. The van der Waals surface area contributed by atoms with Crippen LogP contribution < -0.4 is 0 Å². The molecule has 23 heavy (non-hydrogen) atoms. The van der Waals surface area contributed by atoms with E-state index in [0.717, 1.165) is 32.4 Å². The van der Waals surface area contributed by atoms with Gasteiger partial charge in [0.1, 0.15) is 6.33 Å². The van der Waals surface area contributed by atoms with Crippen LogP contribution in [0.15, 0.2) is 11.1 Å². The van der Waals surface area contributed by atoms with E-state index in [0.29, 0.717) is 22.5 Å². The van der Waals surface area contributed by atoms with Gasteiger partial charge in [-0.15, -0.1) is 5.10 Å². The maximum Gasteiger partial charge on any atom is 0.228 e. The standard InChI is InChI=1S/C17H23BrN4O/c18-15-19-11-22(20-15)17-8-12-5-13(9-17)7-16(6-12,10-17)14(23)21-3-1-2-4-21/h11-13H,1-10H2/t12-,13-,16?,17?/m0/s1. The second-order valence-corrected chi connectivity index (χ2v) is 9.13. The highest BCUT2D eigenvalue weighted by Crippen LogP contribution is 2.64. The lowest BCUT2D eigenvalue weighted by Crippen LogP contribution is -2.61.